The van der Waals surface area contributed by atoms with E-state index >= 15 is 0 Å². The van der Waals surface area contributed by atoms with Crippen LogP contribution in [-0.2, 0) is 4.79 Å². The van der Waals surface area contributed by atoms with Crippen LogP contribution in [0, 0.1) is 5.92 Å². The van der Waals surface area contributed by atoms with Crippen LogP contribution in [0.3, 0.4) is 0 Å². The zero-order chi connectivity index (χ0) is 11.7. The first-order chi connectivity index (χ1) is 7.63. The van der Waals surface area contributed by atoms with E-state index in [1.165, 1.54) is 0 Å². The number of nitrogens with two attached hydrogens (primary N) is 1. The Labute approximate surface area is 111 Å². The van der Waals surface area contributed by atoms with Gasteiger partial charge in [-0.1, -0.05) is 6.07 Å². The lowest BCUT2D eigenvalue weighted by molar-refractivity contribution is -0.117. The average molecular weight is 348 g/mol. The molecular formula is C11H12Br2N2O. The highest BCUT2D eigenvalue weighted by molar-refractivity contribution is 9.11. The van der Waals surface area contributed by atoms with E-state index in [0.29, 0.717) is 19.5 Å². The Bertz CT molecular complexity index is 402. The molecule has 1 aliphatic heterocycles. The van der Waals surface area contributed by atoms with E-state index in [0.717, 1.165) is 14.6 Å². The topological polar surface area (TPSA) is 46.3 Å². The standard InChI is InChI=1S/C11H12Br2N2O/c12-8-2-1-3-9(13)11(8)15-6-7(5-14)4-10(15)16/h1-3,7H,4-6,14H2. The van der Waals surface area contributed by atoms with E-state index in [2.05, 4.69) is 31.9 Å². The summed E-state index contributed by atoms with van der Waals surface area (Å²) in [5.74, 6) is 0.412. The van der Waals surface area contributed by atoms with Gasteiger partial charge in [0.05, 0.1) is 5.69 Å². The number of benzene rings is 1. The van der Waals surface area contributed by atoms with E-state index in [9.17, 15) is 4.79 Å². The minimum Gasteiger partial charge on any atom is -0.330 e. The minimum absolute atomic E-state index is 0.142. The highest BCUT2D eigenvalue weighted by Crippen LogP contribution is 2.37. The maximum Gasteiger partial charge on any atom is 0.227 e. The third kappa shape index (κ3) is 2.17. The van der Waals surface area contributed by atoms with Gasteiger partial charge >= 0.3 is 0 Å². The molecule has 0 radical (unpaired) electrons. The van der Waals surface area contributed by atoms with Crippen molar-refractivity contribution in [2.24, 2.45) is 11.7 Å². The second-order valence-electron chi connectivity index (χ2n) is 3.88. The summed E-state index contributed by atoms with van der Waals surface area (Å²) in [6.45, 7) is 1.26. The number of halogens is 2. The van der Waals surface area contributed by atoms with Crippen molar-refractivity contribution in [1.29, 1.82) is 0 Å². The summed E-state index contributed by atoms with van der Waals surface area (Å²) in [6.07, 6.45) is 0.546. The number of carbonyl (C=O) groups excluding carboxylic acids is 1. The van der Waals surface area contributed by atoms with Crippen LogP contribution in [0.5, 0.6) is 0 Å². The Morgan fingerprint density at radius 3 is 2.50 bits per heavy atom. The van der Waals surface area contributed by atoms with Gasteiger partial charge in [0, 0.05) is 21.9 Å². The summed E-state index contributed by atoms with van der Waals surface area (Å²) in [7, 11) is 0. The fraction of sp³-hybridized carbons (Fsp3) is 0.364. The molecule has 16 heavy (non-hydrogen) atoms. The smallest absolute Gasteiger partial charge is 0.227 e. The molecule has 0 spiro atoms. The van der Waals surface area contributed by atoms with Crippen molar-refractivity contribution in [2.75, 3.05) is 18.0 Å². The van der Waals surface area contributed by atoms with Crippen molar-refractivity contribution < 1.29 is 4.79 Å². The van der Waals surface area contributed by atoms with Crippen LogP contribution in [0.4, 0.5) is 5.69 Å². The second kappa shape index (κ2) is 4.85. The van der Waals surface area contributed by atoms with Gasteiger partial charge in [0.25, 0.3) is 0 Å². The van der Waals surface area contributed by atoms with Crippen molar-refractivity contribution >= 4 is 43.5 Å². The van der Waals surface area contributed by atoms with Gasteiger partial charge in [-0.3, -0.25) is 4.79 Å². The maximum atomic E-state index is 11.9. The van der Waals surface area contributed by atoms with E-state index in [1.54, 1.807) is 4.90 Å². The number of hydrogen-bond acceptors (Lipinski definition) is 2. The van der Waals surface area contributed by atoms with Crippen LogP contribution in [0.15, 0.2) is 27.1 Å². The molecule has 1 aliphatic rings. The number of nitrogens with zero attached hydrogens (tertiary/aromatic N) is 1. The predicted octanol–water partition coefficient (Wildman–Crippen LogP) is 2.52. The molecule has 0 aromatic heterocycles. The monoisotopic (exact) mass is 346 g/mol. The Morgan fingerprint density at radius 1 is 1.38 bits per heavy atom. The zero-order valence-electron chi connectivity index (χ0n) is 8.62. The number of rotatable bonds is 2. The van der Waals surface area contributed by atoms with Gasteiger partial charge in [0.2, 0.25) is 5.91 Å². The molecule has 0 bridgehead atoms. The summed E-state index contributed by atoms with van der Waals surface area (Å²) >= 11 is 6.94. The van der Waals surface area contributed by atoms with Crippen LogP contribution in [0.25, 0.3) is 0 Å². The molecule has 1 fully saturated rings. The Balaban J connectivity index is 2.35. The summed E-state index contributed by atoms with van der Waals surface area (Å²) in [5, 5.41) is 0. The molecule has 3 nitrogen and oxygen atoms in total. The number of para-hydroxylation sites is 1. The molecule has 1 atom stereocenters. The highest BCUT2D eigenvalue weighted by atomic mass is 79.9. The van der Waals surface area contributed by atoms with Gasteiger partial charge < -0.3 is 10.6 Å². The number of carbonyl (C=O) groups is 1. The molecule has 2 rings (SSSR count). The third-order valence-corrected chi connectivity index (χ3v) is 4.03. The summed E-state index contributed by atoms with van der Waals surface area (Å²) in [4.78, 5) is 13.7. The molecule has 2 N–H and O–H groups in total. The fourth-order valence-corrected chi connectivity index (χ4v) is 3.33. The van der Waals surface area contributed by atoms with Crippen LogP contribution in [0.1, 0.15) is 6.42 Å². The average Bonchev–Trinajstić information content (AvgIpc) is 2.60. The lowest BCUT2D eigenvalue weighted by atomic mass is 10.1. The van der Waals surface area contributed by atoms with Gasteiger partial charge in [0.1, 0.15) is 0 Å². The Morgan fingerprint density at radius 2 is 2.00 bits per heavy atom. The first-order valence-electron chi connectivity index (χ1n) is 5.08. The van der Waals surface area contributed by atoms with Crippen LogP contribution in [-0.4, -0.2) is 19.0 Å². The van der Waals surface area contributed by atoms with E-state index in [-0.39, 0.29) is 11.8 Å². The van der Waals surface area contributed by atoms with Gasteiger partial charge in [-0.2, -0.15) is 0 Å². The Kier molecular flexibility index (Phi) is 3.66. The van der Waals surface area contributed by atoms with E-state index in [4.69, 9.17) is 5.73 Å². The predicted molar refractivity (Wildman–Crippen MR) is 71.4 cm³/mol. The normalized spacial score (nSPS) is 20.6. The summed E-state index contributed by atoms with van der Waals surface area (Å²) in [5.41, 5.74) is 6.52. The van der Waals surface area contributed by atoms with E-state index < -0.39 is 0 Å². The lowest BCUT2D eigenvalue weighted by Crippen LogP contribution is -2.26. The minimum atomic E-state index is 0.142. The van der Waals surface area contributed by atoms with Gasteiger partial charge in [-0.05, 0) is 56.5 Å². The van der Waals surface area contributed by atoms with Crippen LogP contribution < -0.4 is 10.6 Å². The maximum absolute atomic E-state index is 11.9. The van der Waals surface area contributed by atoms with Gasteiger partial charge in [-0.25, -0.2) is 0 Å². The molecule has 0 aliphatic carbocycles. The van der Waals surface area contributed by atoms with Crippen LogP contribution in [0.2, 0.25) is 0 Å². The first kappa shape index (κ1) is 12.1. The highest BCUT2D eigenvalue weighted by Gasteiger charge is 2.31. The molecule has 1 saturated heterocycles. The molecule has 5 heteroatoms. The lowest BCUT2D eigenvalue weighted by Gasteiger charge is -2.19. The SMILES string of the molecule is NCC1CC(=O)N(c2c(Br)cccc2Br)C1. The molecule has 0 saturated carbocycles. The quantitative estimate of drug-likeness (QED) is 0.893. The van der Waals surface area contributed by atoms with Gasteiger partial charge in [-0.15, -0.1) is 0 Å². The molecule has 1 aromatic carbocycles. The Hall–Kier alpha value is -0.390. The van der Waals surface area contributed by atoms with Crippen molar-refractivity contribution in [3.8, 4) is 0 Å². The molecule has 1 unspecified atom stereocenters. The molecular weight excluding hydrogens is 336 g/mol. The molecule has 86 valence electrons. The number of amides is 1. The summed E-state index contributed by atoms with van der Waals surface area (Å²) < 4.78 is 1.85. The van der Waals surface area contributed by atoms with Crippen molar-refractivity contribution in [2.45, 2.75) is 6.42 Å². The van der Waals surface area contributed by atoms with Crippen LogP contribution >= 0.6 is 31.9 Å². The molecule has 1 amide bonds. The number of hydrogen-bond donors (Lipinski definition) is 1. The third-order valence-electron chi connectivity index (χ3n) is 2.75. The second-order valence-corrected chi connectivity index (χ2v) is 5.59. The molecule has 1 aromatic rings. The van der Waals surface area contributed by atoms with Crippen molar-refractivity contribution in [1.82, 2.24) is 0 Å². The van der Waals surface area contributed by atoms with Crippen molar-refractivity contribution in [3.05, 3.63) is 27.1 Å². The summed E-state index contributed by atoms with van der Waals surface area (Å²) in [6, 6.07) is 5.80. The first-order valence-corrected chi connectivity index (χ1v) is 6.66. The zero-order valence-corrected chi connectivity index (χ0v) is 11.8. The largest absolute Gasteiger partial charge is 0.330 e. The fourth-order valence-electron chi connectivity index (χ4n) is 1.90. The van der Waals surface area contributed by atoms with E-state index in [1.807, 2.05) is 18.2 Å². The van der Waals surface area contributed by atoms with Crippen molar-refractivity contribution in [3.63, 3.8) is 0 Å². The molecule has 1 heterocycles. The van der Waals surface area contributed by atoms with Gasteiger partial charge in [0.15, 0.2) is 0 Å². The number of anilines is 1.